The van der Waals surface area contributed by atoms with E-state index in [2.05, 4.69) is 10.6 Å². The number of benzene rings is 4. The first-order valence-corrected chi connectivity index (χ1v) is 11.3. The van der Waals surface area contributed by atoms with Crippen LogP contribution in [-0.2, 0) is 6.61 Å². The van der Waals surface area contributed by atoms with Crippen LogP contribution in [0.5, 0.6) is 17.2 Å². The summed E-state index contributed by atoms with van der Waals surface area (Å²) in [5, 5.41) is 5.72. The van der Waals surface area contributed by atoms with Crippen molar-refractivity contribution >= 4 is 23.2 Å². The average molecular weight is 483 g/mol. The van der Waals surface area contributed by atoms with Crippen molar-refractivity contribution in [2.75, 3.05) is 24.9 Å². The highest BCUT2D eigenvalue weighted by atomic mass is 16.5. The minimum absolute atomic E-state index is 0.235. The summed E-state index contributed by atoms with van der Waals surface area (Å²) in [6.07, 6.45) is 0. The summed E-state index contributed by atoms with van der Waals surface area (Å²) in [5.74, 6) is 0.831. The first-order valence-electron chi connectivity index (χ1n) is 11.3. The highest BCUT2D eigenvalue weighted by Crippen LogP contribution is 2.37. The molecule has 0 unspecified atom stereocenters. The van der Waals surface area contributed by atoms with Gasteiger partial charge in [-0.3, -0.25) is 9.59 Å². The molecule has 0 aliphatic heterocycles. The van der Waals surface area contributed by atoms with E-state index in [1.807, 2.05) is 48.5 Å². The van der Waals surface area contributed by atoms with Gasteiger partial charge >= 0.3 is 0 Å². The topological polar surface area (TPSA) is 85.9 Å². The molecule has 0 spiro atoms. The van der Waals surface area contributed by atoms with E-state index >= 15 is 0 Å². The van der Waals surface area contributed by atoms with Crippen LogP contribution in [0.15, 0.2) is 97.1 Å². The molecule has 0 atom stereocenters. The molecule has 4 aromatic rings. The van der Waals surface area contributed by atoms with Crippen LogP contribution in [0.3, 0.4) is 0 Å². The highest BCUT2D eigenvalue weighted by molar-refractivity contribution is 6.08. The number of carbonyl (C=O) groups excluding carboxylic acids is 2. The van der Waals surface area contributed by atoms with Crippen LogP contribution in [0.1, 0.15) is 26.3 Å². The molecule has 0 bridgehead atoms. The molecule has 2 N–H and O–H groups in total. The Morgan fingerprint density at radius 3 is 1.81 bits per heavy atom. The molecule has 4 aromatic carbocycles. The summed E-state index contributed by atoms with van der Waals surface area (Å²) in [6.45, 7) is 0.235. The van der Waals surface area contributed by atoms with E-state index in [0.717, 1.165) is 5.56 Å². The van der Waals surface area contributed by atoms with Crippen LogP contribution < -0.4 is 24.8 Å². The number of rotatable bonds is 9. The monoisotopic (exact) mass is 482 g/mol. The minimum Gasteiger partial charge on any atom is -0.494 e. The Morgan fingerprint density at radius 1 is 0.667 bits per heavy atom. The zero-order valence-corrected chi connectivity index (χ0v) is 20.0. The van der Waals surface area contributed by atoms with E-state index in [1.54, 1.807) is 48.5 Å². The molecule has 0 aliphatic carbocycles. The Balaban J connectivity index is 1.55. The Hall–Kier alpha value is -4.78. The van der Waals surface area contributed by atoms with Gasteiger partial charge in [0.05, 0.1) is 25.6 Å². The summed E-state index contributed by atoms with van der Waals surface area (Å²) in [6, 6.07) is 28.7. The van der Waals surface area contributed by atoms with Gasteiger partial charge in [0.2, 0.25) is 0 Å². The lowest BCUT2D eigenvalue weighted by molar-refractivity contribution is 0.101. The molecule has 0 fully saturated rings. The van der Waals surface area contributed by atoms with E-state index in [4.69, 9.17) is 14.2 Å². The number of carbonyl (C=O) groups is 2. The third-order valence-electron chi connectivity index (χ3n) is 5.45. The van der Waals surface area contributed by atoms with Crippen molar-refractivity contribution in [3.63, 3.8) is 0 Å². The van der Waals surface area contributed by atoms with Crippen LogP contribution in [0, 0.1) is 0 Å². The number of hydrogen-bond donors (Lipinski definition) is 2. The van der Waals surface area contributed by atoms with Gasteiger partial charge in [-0.05, 0) is 30.3 Å². The number of ether oxygens (including phenoxy) is 3. The third kappa shape index (κ3) is 5.82. The molecule has 0 aliphatic rings. The summed E-state index contributed by atoms with van der Waals surface area (Å²) in [5.41, 5.74) is 2.52. The van der Waals surface area contributed by atoms with Crippen molar-refractivity contribution in [3.05, 3.63) is 114 Å². The van der Waals surface area contributed by atoms with E-state index < -0.39 is 0 Å². The van der Waals surface area contributed by atoms with Crippen molar-refractivity contribution in [2.24, 2.45) is 0 Å². The Morgan fingerprint density at radius 2 is 1.19 bits per heavy atom. The predicted molar refractivity (Wildman–Crippen MR) is 139 cm³/mol. The third-order valence-corrected chi connectivity index (χ3v) is 5.45. The number of anilines is 2. The number of hydrogen-bond acceptors (Lipinski definition) is 5. The highest BCUT2D eigenvalue weighted by Gasteiger charge is 2.18. The van der Waals surface area contributed by atoms with Crippen molar-refractivity contribution in [1.29, 1.82) is 0 Å². The summed E-state index contributed by atoms with van der Waals surface area (Å²) >= 11 is 0. The van der Waals surface area contributed by atoms with E-state index in [0.29, 0.717) is 39.8 Å². The molecule has 0 saturated carbocycles. The molecule has 36 heavy (non-hydrogen) atoms. The average Bonchev–Trinajstić information content (AvgIpc) is 2.93. The van der Waals surface area contributed by atoms with E-state index in [-0.39, 0.29) is 18.4 Å². The van der Waals surface area contributed by atoms with Gasteiger partial charge in [0.1, 0.15) is 23.9 Å². The SMILES string of the molecule is COc1cc(NC(=O)c2ccccc2COc2ccccc2)c(OC)cc1NC(=O)c1ccccc1. The molecule has 7 nitrogen and oxygen atoms in total. The fraction of sp³-hybridized carbons (Fsp3) is 0.103. The van der Waals surface area contributed by atoms with Crippen LogP contribution in [0.25, 0.3) is 0 Å². The van der Waals surface area contributed by atoms with Gasteiger partial charge in [0, 0.05) is 28.8 Å². The lowest BCUT2D eigenvalue weighted by Crippen LogP contribution is -2.17. The first kappa shape index (κ1) is 24.3. The first-order chi connectivity index (χ1) is 17.6. The van der Waals surface area contributed by atoms with Crippen molar-refractivity contribution in [3.8, 4) is 17.2 Å². The van der Waals surface area contributed by atoms with Gasteiger partial charge in [-0.2, -0.15) is 0 Å². The molecule has 0 saturated heterocycles. The molecular weight excluding hydrogens is 456 g/mol. The number of methoxy groups -OCH3 is 2. The predicted octanol–water partition coefficient (Wildman–Crippen LogP) is 5.79. The van der Waals surface area contributed by atoms with Crippen LogP contribution >= 0.6 is 0 Å². The summed E-state index contributed by atoms with van der Waals surface area (Å²) < 4.78 is 16.8. The van der Waals surface area contributed by atoms with E-state index in [1.165, 1.54) is 14.2 Å². The van der Waals surface area contributed by atoms with Gasteiger partial charge in [-0.15, -0.1) is 0 Å². The van der Waals surface area contributed by atoms with Gasteiger partial charge in [0.25, 0.3) is 11.8 Å². The van der Waals surface area contributed by atoms with Gasteiger partial charge in [0.15, 0.2) is 0 Å². The Bertz CT molecular complexity index is 1340. The second kappa shape index (κ2) is 11.6. The Kier molecular flexibility index (Phi) is 7.83. The maximum absolute atomic E-state index is 13.2. The molecular formula is C29H26N2O5. The van der Waals surface area contributed by atoms with Crippen molar-refractivity contribution < 1.29 is 23.8 Å². The zero-order valence-electron chi connectivity index (χ0n) is 20.0. The van der Waals surface area contributed by atoms with Gasteiger partial charge in [-0.25, -0.2) is 0 Å². The van der Waals surface area contributed by atoms with Gasteiger partial charge in [-0.1, -0.05) is 54.6 Å². The number of amides is 2. The Labute approximate surface area is 209 Å². The van der Waals surface area contributed by atoms with Crippen LogP contribution in [0.2, 0.25) is 0 Å². The molecule has 0 radical (unpaired) electrons. The zero-order chi connectivity index (χ0) is 25.3. The fourth-order valence-electron chi connectivity index (χ4n) is 3.61. The summed E-state index contributed by atoms with van der Waals surface area (Å²) in [4.78, 5) is 25.9. The quantitative estimate of drug-likeness (QED) is 0.316. The normalized spacial score (nSPS) is 10.3. The maximum Gasteiger partial charge on any atom is 0.256 e. The lowest BCUT2D eigenvalue weighted by Gasteiger charge is -2.17. The van der Waals surface area contributed by atoms with Crippen LogP contribution in [-0.4, -0.2) is 26.0 Å². The number of para-hydroxylation sites is 1. The lowest BCUT2D eigenvalue weighted by atomic mass is 10.1. The van der Waals surface area contributed by atoms with Crippen LogP contribution in [0.4, 0.5) is 11.4 Å². The van der Waals surface area contributed by atoms with Crippen molar-refractivity contribution in [1.82, 2.24) is 0 Å². The second-order valence-electron chi connectivity index (χ2n) is 7.79. The molecule has 0 aromatic heterocycles. The number of nitrogens with one attached hydrogen (secondary N) is 2. The van der Waals surface area contributed by atoms with E-state index in [9.17, 15) is 9.59 Å². The summed E-state index contributed by atoms with van der Waals surface area (Å²) in [7, 11) is 2.98. The maximum atomic E-state index is 13.2. The molecule has 0 heterocycles. The van der Waals surface area contributed by atoms with Gasteiger partial charge < -0.3 is 24.8 Å². The standard InChI is InChI=1S/C29H26N2O5/c1-34-26-18-25(27(35-2)17-24(26)30-28(32)20-11-5-3-6-12-20)31-29(33)23-16-10-9-13-21(23)19-36-22-14-7-4-8-15-22/h3-18H,19H2,1-2H3,(H,30,32)(H,31,33). The minimum atomic E-state index is -0.330. The second-order valence-corrected chi connectivity index (χ2v) is 7.79. The van der Waals surface area contributed by atoms with Crippen molar-refractivity contribution in [2.45, 2.75) is 6.61 Å². The molecule has 7 heteroatoms. The molecule has 2 amide bonds. The molecule has 4 rings (SSSR count). The molecule has 182 valence electrons. The largest absolute Gasteiger partial charge is 0.494 e. The smallest absolute Gasteiger partial charge is 0.256 e. The fourth-order valence-corrected chi connectivity index (χ4v) is 3.61.